The number of aliphatic hydroxyl groups is 2. The Morgan fingerprint density at radius 2 is 1.78 bits per heavy atom. The molecule has 0 fully saturated rings. The van der Waals surface area contributed by atoms with Crippen molar-refractivity contribution in [3.63, 3.8) is 0 Å². The predicted molar refractivity (Wildman–Crippen MR) is 114 cm³/mol. The molecule has 0 amide bonds. The largest absolute Gasteiger partial charge is 0.416 e. The van der Waals surface area contributed by atoms with Crippen molar-refractivity contribution >= 4 is 22.4 Å². The molecule has 0 aliphatic heterocycles. The average molecular weight is 440 g/mol. The Morgan fingerprint density at radius 1 is 1.03 bits per heavy atom. The van der Waals surface area contributed by atoms with Crippen molar-refractivity contribution in [2.24, 2.45) is 0 Å². The maximum Gasteiger partial charge on any atom is 0.416 e. The van der Waals surface area contributed by atoms with Gasteiger partial charge in [0, 0.05) is 29.0 Å². The molecule has 1 atom stereocenters. The summed E-state index contributed by atoms with van der Waals surface area (Å²) in [6.07, 6.45) is -2.33. The summed E-state index contributed by atoms with van der Waals surface area (Å²) in [6, 6.07) is 11.8. The smallest absolute Gasteiger partial charge is 0.393 e. The number of rotatable bonds is 5. The van der Waals surface area contributed by atoms with Crippen LogP contribution in [-0.2, 0) is 6.18 Å². The highest BCUT2D eigenvalue weighted by Gasteiger charge is 2.30. The minimum atomic E-state index is -4.39. The van der Waals surface area contributed by atoms with Crippen LogP contribution in [0.25, 0.3) is 22.3 Å². The normalized spacial score (nSPS) is 12.7. The van der Waals surface area contributed by atoms with Gasteiger partial charge in [0.05, 0.1) is 29.1 Å². The third kappa shape index (κ3) is 4.39. The van der Waals surface area contributed by atoms with E-state index in [4.69, 9.17) is 5.11 Å². The highest BCUT2D eigenvalue weighted by molar-refractivity contribution is 5.92. The van der Waals surface area contributed by atoms with E-state index in [0.717, 1.165) is 17.7 Å². The monoisotopic (exact) mass is 440 g/mol. The van der Waals surface area contributed by atoms with Gasteiger partial charge in [0.15, 0.2) is 0 Å². The number of benzene rings is 1. The molecule has 6 nitrogen and oxygen atoms in total. The van der Waals surface area contributed by atoms with Gasteiger partial charge in [0.1, 0.15) is 11.9 Å². The topological polar surface area (TPSA) is 91.2 Å². The summed E-state index contributed by atoms with van der Waals surface area (Å²) >= 11 is 0. The molecular formula is C23H19F3N4O2. The van der Waals surface area contributed by atoms with Crippen molar-refractivity contribution in [1.82, 2.24) is 15.0 Å². The summed E-state index contributed by atoms with van der Waals surface area (Å²) in [4.78, 5) is 13.3. The van der Waals surface area contributed by atoms with Gasteiger partial charge in [-0.05, 0) is 61.0 Å². The van der Waals surface area contributed by atoms with Crippen molar-refractivity contribution in [2.75, 3.05) is 11.9 Å². The predicted octanol–water partition coefficient (Wildman–Crippen LogP) is 4.79. The molecule has 3 heterocycles. The number of hydrogen-bond acceptors (Lipinski definition) is 6. The number of nitrogens with one attached hydrogen (secondary N) is 1. The SMILES string of the molecule is Cc1cc([C@H](O)CO)cnc1-c1ccc2c(Nc3ccc(C(F)(F)F)cc3)nccc2n1. The number of halogens is 3. The van der Waals surface area contributed by atoms with Gasteiger partial charge in [-0.25, -0.2) is 9.97 Å². The summed E-state index contributed by atoms with van der Waals surface area (Å²) in [5.74, 6) is 0.465. The molecule has 0 saturated heterocycles. The second-order valence-electron chi connectivity index (χ2n) is 7.26. The van der Waals surface area contributed by atoms with Gasteiger partial charge in [0.25, 0.3) is 0 Å². The van der Waals surface area contributed by atoms with Crippen LogP contribution in [0.3, 0.4) is 0 Å². The van der Waals surface area contributed by atoms with Gasteiger partial charge in [0.2, 0.25) is 0 Å². The van der Waals surface area contributed by atoms with Crippen LogP contribution in [0, 0.1) is 6.92 Å². The van der Waals surface area contributed by atoms with E-state index < -0.39 is 24.5 Å². The summed E-state index contributed by atoms with van der Waals surface area (Å²) in [5, 5.41) is 22.6. The van der Waals surface area contributed by atoms with Crippen molar-refractivity contribution in [2.45, 2.75) is 19.2 Å². The van der Waals surface area contributed by atoms with Crippen LogP contribution in [0.2, 0.25) is 0 Å². The van der Waals surface area contributed by atoms with Gasteiger partial charge in [-0.3, -0.25) is 4.98 Å². The molecule has 0 unspecified atom stereocenters. The molecule has 0 spiro atoms. The maximum atomic E-state index is 12.8. The Bertz CT molecular complexity index is 1260. The number of pyridine rings is 3. The highest BCUT2D eigenvalue weighted by atomic mass is 19.4. The molecule has 0 bridgehead atoms. The van der Waals surface area contributed by atoms with Gasteiger partial charge in [-0.1, -0.05) is 0 Å². The second kappa shape index (κ2) is 8.52. The fraction of sp³-hybridized carbons (Fsp3) is 0.174. The van der Waals surface area contributed by atoms with Crippen LogP contribution >= 0.6 is 0 Å². The number of alkyl halides is 3. The first-order valence-electron chi connectivity index (χ1n) is 9.72. The lowest BCUT2D eigenvalue weighted by Crippen LogP contribution is -2.05. The first-order chi connectivity index (χ1) is 15.3. The lowest BCUT2D eigenvalue weighted by atomic mass is 10.1. The van der Waals surface area contributed by atoms with Crippen molar-refractivity contribution in [1.29, 1.82) is 0 Å². The molecule has 3 aromatic heterocycles. The maximum absolute atomic E-state index is 12.8. The Labute approximate surface area is 181 Å². The number of aromatic nitrogens is 3. The van der Waals surface area contributed by atoms with Gasteiger partial charge in [-0.2, -0.15) is 13.2 Å². The summed E-state index contributed by atoms with van der Waals surface area (Å²) in [6.45, 7) is 1.45. The van der Waals surface area contributed by atoms with Crippen molar-refractivity contribution in [3.8, 4) is 11.4 Å². The molecule has 4 rings (SSSR count). The fourth-order valence-electron chi connectivity index (χ4n) is 3.32. The third-order valence-electron chi connectivity index (χ3n) is 4.99. The first-order valence-corrected chi connectivity index (χ1v) is 9.72. The first kappa shape index (κ1) is 21.7. The highest BCUT2D eigenvalue weighted by Crippen LogP contribution is 2.31. The standard InChI is InChI=1S/C23H19F3N4O2/c1-13-10-14(20(32)12-31)11-28-21(13)19-7-6-17-18(30-19)8-9-27-22(17)29-16-4-2-15(3-5-16)23(24,25)26/h2-11,20,31-32H,12H2,1H3,(H,27,29)/t20-/m1/s1. The minimum Gasteiger partial charge on any atom is -0.393 e. The Hall–Kier alpha value is -3.56. The molecule has 32 heavy (non-hydrogen) atoms. The summed E-state index contributed by atoms with van der Waals surface area (Å²) in [5.41, 5.74) is 2.94. The number of hydrogen-bond donors (Lipinski definition) is 3. The van der Waals surface area contributed by atoms with E-state index in [-0.39, 0.29) is 0 Å². The second-order valence-corrected chi connectivity index (χ2v) is 7.26. The van der Waals surface area contributed by atoms with Gasteiger partial charge >= 0.3 is 6.18 Å². The van der Waals surface area contributed by atoms with E-state index in [9.17, 15) is 18.3 Å². The summed E-state index contributed by atoms with van der Waals surface area (Å²) in [7, 11) is 0. The Morgan fingerprint density at radius 3 is 2.44 bits per heavy atom. The molecule has 1 aromatic carbocycles. The number of anilines is 2. The van der Waals surface area contributed by atoms with Crippen LogP contribution in [0.1, 0.15) is 22.8 Å². The van der Waals surface area contributed by atoms with Crippen molar-refractivity contribution in [3.05, 3.63) is 77.6 Å². The third-order valence-corrected chi connectivity index (χ3v) is 4.99. The molecule has 9 heteroatoms. The van der Waals surface area contributed by atoms with Crippen LogP contribution < -0.4 is 5.32 Å². The Kier molecular flexibility index (Phi) is 5.77. The molecule has 0 saturated carbocycles. The van der Waals surface area contributed by atoms with Crippen LogP contribution in [0.5, 0.6) is 0 Å². The summed E-state index contributed by atoms with van der Waals surface area (Å²) < 4.78 is 38.3. The van der Waals surface area contributed by atoms with E-state index in [1.165, 1.54) is 18.3 Å². The molecule has 4 aromatic rings. The molecular weight excluding hydrogens is 421 g/mol. The van der Waals surface area contributed by atoms with E-state index in [0.29, 0.717) is 39.4 Å². The van der Waals surface area contributed by atoms with Gasteiger partial charge in [-0.15, -0.1) is 0 Å². The Balaban J connectivity index is 1.64. The lowest BCUT2D eigenvalue weighted by Gasteiger charge is -2.12. The molecule has 0 aliphatic rings. The van der Waals surface area contributed by atoms with Crippen LogP contribution in [0.4, 0.5) is 24.7 Å². The zero-order valence-corrected chi connectivity index (χ0v) is 16.9. The minimum absolute atomic E-state index is 0.392. The van der Waals surface area contributed by atoms with E-state index in [1.807, 2.05) is 13.0 Å². The number of fused-ring (bicyclic) bond motifs is 1. The van der Waals surface area contributed by atoms with Crippen LogP contribution in [-0.4, -0.2) is 31.8 Å². The zero-order valence-electron chi connectivity index (χ0n) is 16.9. The van der Waals surface area contributed by atoms with E-state index in [2.05, 4.69) is 20.3 Å². The number of aliphatic hydroxyl groups excluding tert-OH is 2. The molecule has 0 radical (unpaired) electrons. The van der Waals surface area contributed by atoms with E-state index in [1.54, 1.807) is 24.4 Å². The molecule has 0 aliphatic carbocycles. The molecule has 164 valence electrons. The quantitative estimate of drug-likeness (QED) is 0.413. The fourth-order valence-corrected chi connectivity index (χ4v) is 3.32. The van der Waals surface area contributed by atoms with Crippen LogP contribution in [0.15, 0.2) is 60.9 Å². The lowest BCUT2D eigenvalue weighted by molar-refractivity contribution is -0.137. The van der Waals surface area contributed by atoms with Crippen molar-refractivity contribution < 1.29 is 23.4 Å². The zero-order chi connectivity index (χ0) is 22.9. The van der Waals surface area contributed by atoms with Gasteiger partial charge < -0.3 is 15.5 Å². The average Bonchev–Trinajstić information content (AvgIpc) is 2.78. The number of nitrogens with zero attached hydrogens (tertiary/aromatic N) is 3. The molecule has 3 N–H and O–H groups in total. The van der Waals surface area contributed by atoms with E-state index >= 15 is 0 Å². The number of aryl methyl sites for hydroxylation is 1.